The summed E-state index contributed by atoms with van der Waals surface area (Å²) in [4.78, 5) is 2.39. The number of halogens is 2. The maximum Gasteiger partial charge on any atom is 0.243 e. The minimum atomic E-state index is -3.57. The van der Waals surface area contributed by atoms with Gasteiger partial charge < -0.3 is 9.64 Å². The van der Waals surface area contributed by atoms with E-state index in [1.54, 1.807) is 31.4 Å². The Kier molecular flexibility index (Phi) is 5.91. The molecule has 1 saturated heterocycles. The van der Waals surface area contributed by atoms with Crippen molar-refractivity contribution in [2.75, 3.05) is 38.2 Å². The first-order valence-electron chi connectivity index (χ1n) is 8.60. The van der Waals surface area contributed by atoms with Crippen molar-refractivity contribution in [3.63, 3.8) is 0 Å². The molecule has 0 N–H and O–H groups in total. The SMILES string of the molecule is COc1ccc(S(=O)(=O)N2CCN(c3cc(Cl)ccc3Cl)CC2)c(C)c1C. The number of hydrogen-bond acceptors (Lipinski definition) is 4. The first-order chi connectivity index (χ1) is 12.8. The predicted octanol–water partition coefficient (Wildman–Crippen LogP) is 4.13. The Bertz CT molecular complexity index is 956. The zero-order chi connectivity index (χ0) is 19.8. The molecule has 0 atom stereocenters. The first kappa shape index (κ1) is 20.3. The molecule has 1 aliphatic heterocycles. The van der Waals surface area contributed by atoms with Crippen LogP contribution in [0.3, 0.4) is 0 Å². The topological polar surface area (TPSA) is 49.9 Å². The Balaban J connectivity index is 1.81. The lowest BCUT2D eigenvalue weighted by Crippen LogP contribution is -2.48. The molecule has 0 saturated carbocycles. The van der Waals surface area contributed by atoms with Gasteiger partial charge in [-0.2, -0.15) is 4.31 Å². The molecule has 146 valence electrons. The zero-order valence-corrected chi connectivity index (χ0v) is 17.8. The number of nitrogens with zero attached hydrogens (tertiary/aromatic N) is 2. The summed E-state index contributed by atoms with van der Waals surface area (Å²) in [5, 5.41) is 1.21. The fourth-order valence-electron chi connectivity index (χ4n) is 3.31. The molecule has 5 nitrogen and oxygen atoms in total. The predicted molar refractivity (Wildman–Crippen MR) is 110 cm³/mol. The minimum Gasteiger partial charge on any atom is -0.496 e. The highest BCUT2D eigenvalue weighted by molar-refractivity contribution is 7.89. The number of hydrogen-bond donors (Lipinski definition) is 0. The van der Waals surface area contributed by atoms with E-state index in [0.717, 1.165) is 16.8 Å². The molecule has 0 bridgehead atoms. The fourth-order valence-corrected chi connectivity index (χ4v) is 5.41. The molecule has 1 heterocycles. The van der Waals surface area contributed by atoms with Crippen molar-refractivity contribution >= 4 is 38.9 Å². The van der Waals surface area contributed by atoms with Gasteiger partial charge >= 0.3 is 0 Å². The second kappa shape index (κ2) is 7.87. The van der Waals surface area contributed by atoms with Crippen LogP contribution in [-0.4, -0.2) is 46.0 Å². The number of ether oxygens (including phenoxy) is 1. The Hall–Kier alpha value is -1.47. The van der Waals surface area contributed by atoms with E-state index in [0.29, 0.717) is 46.9 Å². The lowest BCUT2D eigenvalue weighted by Gasteiger charge is -2.36. The molecule has 0 aromatic heterocycles. The number of piperazine rings is 1. The molecule has 0 amide bonds. The summed E-state index contributed by atoms with van der Waals surface area (Å²) in [6.07, 6.45) is 0. The molecular weight excluding hydrogens is 407 g/mol. The van der Waals surface area contributed by atoms with Crippen LogP contribution in [0.1, 0.15) is 11.1 Å². The third-order valence-corrected chi connectivity index (χ3v) is 7.61. The summed E-state index contributed by atoms with van der Waals surface area (Å²) in [5.41, 5.74) is 2.38. The van der Waals surface area contributed by atoms with E-state index in [2.05, 4.69) is 4.90 Å². The maximum atomic E-state index is 13.1. The van der Waals surface area contributed by atoms with Gasteiger partial charge in [0.1, 0.15) is 5.75 Å². The van der Waals surface area contributed by atoms with Crippen LogP contribution in [0, 0.1) is 13.8 Å². The molecule has 0 aliphatic carbocycles. The summed E-state index contributed by atoms with van der Waals surface area (Å²) in [7, 11) is -1.99. The largest absolute Gasteiger partial charge is 0.496 e. The van der Waals surface area contributed by atoms with Crippen LogP contribution in [0.2, 0.25) is 10.0 Å². The Morgan fingerprint density at radius 3 is 2.26 bits per heavy atom. The van der Waals surface area contributed by atoms with Crippen molar-refractivity contribution in [2.24, 2.45) is 0 Å². The average molecular weight is 429 g/mol. The highest BCUT2D eigenvalue weighted by Crippen LogP contribution is 2.32. The van der Waals surface area contributed by atoms with Gasteiger partial charge in [-0.1, -0.05) is 23.2 Å². The van der Waals surface area contributed by atoms with E-state index in [1.165, 1.54) is 4.31 Å². The Morgan fingerprint density at radius 1 is 0.963 bits per heavy atom. The highest BCUT2D eigenvalue weighted by atomic mass is 35.5. The van der Waals surface area contributed by atoms with E-state index in [1.807, 2.05) is 19.9 Å². The lowest BCUT2D eigenvalue weighted by molar-refractivity contribution is 0.384. The summed E-state index contributed by atoms with van der Waals surface area (Å²) in [5.74, 6) is 0.687. The molecule has 8 heteroatoms. The third kappa shape index (κ3) is 3.90. The van der Waals surface area contributed by atoms with Crippen LogP contribution < -0.4 is 9.64 Å². The van der Waals surface area contributed by atoms with E-state index >= 15 is 0 Å². The number of rotatable bonds is 4. The number of sulfonamides is 1. The molecule has 27 heavy (non-hydrogen) atoms. The standard InChI is InChI=1S/C19H22Cl2N2O3S/c1-13-14(2)19(7-6-18(13)26-3)27(24,25)23-10-8-22(9-11-23)17-12-15(20)4-5-16(17)21/h4-7,12H,8-11H2,1-3H3. The van der Waals surface area contributed by atoms with Crippen molar-refractivity contribution in [3.8, 4) is 5.75 Å². The zero-order valence-electron chi connectivity index (χ0n) is 15.5. The molecule has 2 aromatic carbocycles. The quantitative estimate of drug-likeness (QED) is 0.734. The van der Waals surface area contributed by atoms with Crippen LogP contribution >= 0.6 is 23.2 Å². The van der Waals surface area contributed by atoms with Gasteiger partial charge in [0.2, 0.25) is 10.0 Å². The van der Waals surface area contributed by atoms with E-state index in [9.17, 15) is 8.42 Å². The van der Waals surface area contributed by atoms with Crippen LogP contribution in [-0.2, 0) is 10.0 Å². The summed E-state index contributed by atoms with van der Waals surface area (Å²) in [6, 6.07) is 8.63. The molecule has 3 rings (SSSR count). The molecular formula is C19H22Cl2N2O3S. The van der Waals surface area contributed by atoms with Crippen LogP contribution in [0.15, 0.2) is 35.2 Å². The second-order valence-electron chi connectivity index (χ2n) is 6.50. The van der Waals surface area contributed by atoms with Gasteiger partial charge in [0, 0.05) is 31.2 Å². The first-order valence-corrected chi connectivity index (χ1v) is 10.8. The van der Waals surface area contributed by atoms with Gasteiger partial charge in [-0.3, -0.25) is 0 Å². The smallest absolute Gasteiger partial charge is 0.243 e. The van der Waals surface area contributed by atoms with Crippen molar-refractivity contribution in [2.45, 2.75) is 18.7 Å². The Labute approximate surface area is 170 Å². The fraction of sp³-hybridized carbons (Fsp3) is 0.368. The highest BCUT2D eigenvalue weighted by Gasteiger charge is 2.31. The molecule has 0 unspecified atom stereocenters. The monoisotopic (exact) mass is 428 g/mol. The lowest BCUT2D eigenvalue weighted by atomic mass is 10.1. The molecule has 1 fully saturated rings. The van der Waals surface area contributed by atoms with Crippen LogP contribution in [0.25, 0.3) is 0 Å². The van der Waals surface area contributed by atoms with Crippen molar-refractivity contribution in [1.29, 1.82) is 0 Å². The van der Waals surface area contributed by atoms with Crippen molar-refractivity contribution in [3.05, 3.63) is 51.5 Å². The van der Waals surface area contributed by atoms with Gasteiger partial charge in [0.25, 0.3) is 0 Å². The van der Waals surface area contributed by atoms with E-state index < -0.39 is 10.0 Å². The van der Waals surface area contributed by atoms with Gasteiger partial charge in [0.05, 0.1) is 22.7 Å². The van der Waals surface area contributed by atoms with Gasteiger partial charge in [-0.25, -0.2) is 8.42 Å². The average Bonchev–Trinajstić information content (AvgIpc) is 2.65. The minimum absolute atomic E-state index is 0.329. The third-order valence-electron chi connectivity index (χ3n) is 5.01. The van der Waals surface area contributed by atoms with Crippen LogP contribution in [0.4, 0.5) is 5.69 Å². The summed E-state index contributed by atoms with van der Waals surface area (Å²) >= 11 is 12.3. The van der Waals surface area contributed by atoms with Crippen LogP contribution in [0.5, 0.6) is 5.75 Å². The van der Waals surface area contributed by atoms with Gasteiger partial charge in [-0.05, 0) is 55.3 Å². The van der Waals surface area contributed by atoms with Crippen molar-refractivity contribution < 1.29 is 13.2 Å². The normalized spacial score (nSPS) is 15.8. The second-order valence-corrected chi connectivity index (χ2v) is 9.25. The number of benzene rings is 2. The molecule has 1 aliphatic rings. The number of anilines is 1. The van der Waals surface area contributed by atoms with Gasteiger partial charge in [-0.15, -0.1) is 0 Å². The maximum absolute atomic E-state index is 13.1. The van der Waals surface area contributed by atoms with Crippen molar-refractivity contribution in [1.82, 2.24) is 4.31 Å². The molecule has 0 spiro atoms. The number of methoxy groups -OCH3 is 1. The molecule has 0 radical (unpaired) electrons. The van der Waals surface area contributed by atoms with E-state index in [4.69, 9.17) is 27.9 Å². The summed E-state index contributed by atoms with van der Waals surface area (Å²) < 4.78 is 33.1. The summed E-state index contributed by atoms with van der Waals surface area (Å²) in [6.45, 7) is 5.55. The Morgan fingerprint density at radius 2 is 1.63 bits per heavy atom. The van der Waals surface area contributed by atoms with Gasteiger partial charge in [0.15, 0.2) is 0 Å². The molecule has 2 aromatic rings. The van der Waals surface area contributed by atoms with E-state index in [-0.39, 0.29) is 0 Å².